The van der Waals surface area contributed by atoms with Gasteiger partial charge in [-0.3, -0.25) is 15.3 Å². The molecule has 2 aromatic rings. The SMILES string of the molecule is N=C(N)C1CN(Cc2ccc3ccccc3n2)CCO1. The van der Waals surface area contributed by atoms with E-state index in [1.54, 1.807) is 0 Å². The number of aromatic nitrogens is 1. The average Bonchev–Trinajstić information content (AvgIpc) is 2.47. The van der Waals surface area contributed by atoms with Crippen LogP contribution in [0.5, 0.6) is 0 Å². The lowest BCUT2D eigenvalue weighted by molar-refractivity contribution is 0.00195. The summed E-state index contributed by atoms with van der Waals surface area (Å²) in [5.74, 6) is 0.0983. The zero-order valence-corrected chi connectivity index (χ0v) is 11.2. The maximum absolute atomic E-state index is 7.48. The molecule has 1 aromatic heterocycles. The predicted octanol–water partition coefficient (Wildman–Crippen LogP) is 1.37. The molecule has 20 heavy (non-hydrogen) atoms. The molecular formula is C15H18N4O. The van der Waals surface area contributed by atoms with Gasteiger partial charge in [0, 0.05) is 25.0 Å². The zero-order valence-electron chi connectivity index (χ0n) is 11.2. The molecule has 5 heteroatoms. The third kappa shape index (κ3) is 2.79. The van der Waals surface area contributed by atoms with Crippen molar-refractivity contribution in [3.8, 4) is 0 Å². The van der Waals surface area contributed by atoms with E-state index in [0.717, 1.165) is 29.7 Å². The van der Waals surface area contributed by atoms with Gasteiger partial charge in [-0.2, -0.15) is 0 Å². The van der Waals surface area contributed by atoms with Crippen molar-refractivity contribution in [2.45, 2.75) is 12.6 Å². The van der Waals surface area contributed by atoms with Gasteiger partial charge in [0.1, 0.15) is 11.9 Å². The summed E-state index contributed by atoms with van der Waals surface area (Å²) >= 11 is 0. The second kappa shape index (κ2) is 5.56. The van der Waals surface area contributed by atoms with Crippen molar-refractivity contribution in [1.82, 2.24) is 9.88 Å². The molecule has 5 nitrogen and oxygen atoms in total. The molecule has 0 bridgehead atoms. The molecule has 1 fully saturated rings. The quantitative estimate of drug-likeness (QED) is 0.652. The molecule has 0 radical (unpaired) electrons. The number of morpholine rings is 1. The van der Waals surface area contributed by atoms with Crippen LogP contribution in [0.15, 0.2) is 36.4 Å². The van der Waals surface area contributed by atoms with Crippen LogP contribution >= 0.6 is 0 Å². The van der Waals surface area contributed by atoms with Crippen molar-refractivity contribution in [3.05, 3.63) is 42.1 Å². The summed E-state index contributed by atoms with van der Waals surface area (Å²) in [7, 11) is 0. The van der Waals surface area contributed by atoms with Crippen LogP contribution in [0, 0.1) is 5.41 Å². The molecule has 3 N–H and O–H groups in total. The van der Waals surface area contributed by atoms with E-state index >= 15 is 0 Å². The lowest BCUT2D eigenvalue weighted by atomic mass is 10.2. The number of ether oxygens (including phenoxy) is 1. The van der Waals surface area contributed by atoms with Crippen LogP contribution < -0.4 is 5.73 Å². The smallest absolute Gasteiger partial charge is 0.127 e. The van der Waals surface area contributed by atoms with Crippen molar-refractivity contribution in [1.29, 1.82) is 5.41 Å². The fraction of sp³-hybridized carbons (Fsp3) is 0.333. The van der Waals surface area contributed by atoms with Crippen LogP contribution in [-0.2, 0) is 11.3 Å². The summed E-state index contributed by atoms with van der Waals surface area (Å²) in [5.41, 5.74) is 7.56. The second-order valence-corrected chi connectivity index (χ2v) is 5.05. The maximum Gasteiger partial charge on any atom is 0.127 e. The minimum absolute atomic E-state index is 0.0983. The van der Waals surface area contributed by atoms with Crippen LogP contribution in [0.2, 0.25) is 0 Å². The topological polar surface area (TPSA) is 75.2 Å². The molecule has 1 aromatic carbocycles. The number of benzene rings is 1. The van der Waals surface area contributed by atoms with E-state index in [1.807, 2.05) is 18.2 Å². The molecule has 1 atom stereocenters. The van der Waals surface area contributed by atoms with Crippen molar-refractivity contribution in [2.75, 3.05) is 19.7 Å². The first kappa shape index (κ1) is 13.0. The number of pyridine rings is 1. The van der Waals surface area contributed by atoms with Gasteiger partial charge in [0.05, 0.1) is 17.8 Å². The molecule has 1 saturated heterocycles. The number of hydrogen-bond acceptors (Lipinski definition) is 4. The lowest BCUT2D eigenvalue weighted by Gasteiger charge is -2.31. The van der Waals surface area contributed by atoms with Crippen LogP contribution in [0.4, 0.5) is 0 Å². The van der Waals surface area contributed by atoms with Crippen LogP contribution in [0.1, 0.15) is 5.69 Å². The Kier molecular flexibility index (Phi) is 3.62. The third-order valence-corrected chi connectivity index (χ3v) is 3.54. The van der Waals surface area contributed by atoms with E-state index in [2.05, 4.69) is 28.1 Å². The number of amidine groups is 1. The van der Waals surface area contributed by atoms with E-state index in [1.165, 1.54) is 0 Å². The summed E-state index contributed by atoms with van der Waals surface area (Å²) < 4.78 is 5.47. The van der Waals surface area contributed by atoms with E-state index in [0.29, 0.717) is 13.2 Å². The Labute approximate surface area is 117 Å². The molecule has 0 aliphatic carbocycles. The number of rotatable bonds is 3. The molecule has 0 saturated carbocycles. The normalized spacial score (nSPS) is 20.1. The zero-order chi connectivity index (χ0) is 13.9. The van der Waals surface area contributed by atoms with E-state index in [9.17, 15) is 0 Å². The first-order chi connectivity index (χ1) is 9.72. The Morgan fingerprint density at radius 1 is 1.35 bits per heavy atom. The number of para-hydroxylation sites is 1. The van der Waals surface area contributed by atoms with E-state index < -0.39 is 0 Å². The van der Waals surface area contributed by atoms with Crippen molar-refractivity contribution >= 4 is 16.7 Å². The van der Waals surface area contributed by atoms with Gasteiger partial charge in [-0.25, -0.2) is 0 Å². The average molecular weight is 270 g/mol. The van der Waals surface area contributed by atoms with E-state index in [4.69, 9.17) is 15.9 Å². The molecule has 0 spiro atoms. The molecule has 1 aliphatic rings. The molecule has 2 heterocycles. The van der Waals surface area contributed by atoms with Crippen molar-refractivity contribution < 1.29 is 4.74 Å². The first-order valence-electron chi connectivity index (χ1n) is 6.75. The minimum atomic E-state index is -0.288. The van der Waals surface area contributed by atoms with Gasteiger partial charge < -0.3 is 10.5 Å². The fourth-order valence-corrected chi connectivity index (χ4v) is 2.46. The number of nitrogens with one attached hydrogen (secondary N) is 1. The first-order valence-corrected chi connectivity index (χ1v) is 6.75. The Hall–Kier alpha value is -1.98. The highest BCUT2D eigenvalue weighted by Gasteiger charge is 2.22. The molecule has 3 rings (SSSR count). The summed E-state index contributed by atoms with van der Waals surface area (Å²) in [4.78, 5) is 6.90. The Bertz CT molecular complexity index is 628. The van der Waals surface area contributed by atoms with E-state index in [-0.39, 0.29) is 11.9 Å². The summed E-state index contributed by atoms with van der Waals surface area (Å²) in [5, 5.41) is 8.63. The highest BCUT2D eigenvalue weighted by molar-refractivity contribution is 5.82. The Morgan fingerprint density at radius 3 is 3.05 bits per heavy atom. The minimum Gasteiger partial charge on any atom is -0.385 e. The number of nitrogens with two attached hydrogens (primary N) is 1. The largest absolute Gasteiger partial charge is 0.385 e. The number of fused-ring (bicyclic) bond motifs is 1. The predicted molar refractivity (Wildman–Crippen MR) is 78.7 cm³/mol. The van der Waals surface area contributed by atoms with Crippen LogP contribution in [0.3, 0.4) is 0 Å². The van der Waals surface area contributed by atoms with Gasteiger partial charge in [-0.15, -0.1) is 0 Å². The Morgan fingerprint density at radius 2 is 2.20 bits per heavy atom. The molecule has 1 aliphatic heterocycles. The highest BCUT2D eigenvalue weighted by Crippen LogP contribution is 2.14. The van der Waals surface area contributed by atoms with Gasteiger partial charge in [-0.1, -0.05) is 24.3 Å². The van der Waals surface area contributed by atoms with Gasteiger partial charge in [-0.05, 0) is 12.1 Å². The van der Waals surface area contributed by atoms with Gasteiger partial charge in [0.2, 0.25) is 0 Å². The van der Waals surface area contributed by atoms with Crippen LogP contribution in [-0.4, -0.2) is 41.5 Å². The van der Waals surface area contributed by atoms with Crippen molar-refractivity contribution in [2.24, 2.45) is 5.73 Å². The van der Waals surface area contributed by atoms with Gasteiger partial charge in [0.25, 0.3) is 0 Å². The monoisotopic (exact) mass is 270 g/mol. The van der Waals surface area contributed by atoms with Crippen molar-refractivity contribution in [3.63, 3.8) is 0 Å². The van der Waals surface area contributed by atoms with Gasteiger partial charge in [0.15, 0.2) is 0 Å². The van der Waals surface area contributed by atoms with Gasteiger partial charge >= 0.3 is 0 Å². The van der Waals surface area contributed by atoms with Crippen LogP contribution in [0.25, 0.3) is 10.9 Å². The molecular weight excluding hydrogens is 252 g/mol. The molecule has 104 valence electrons. The Balaban J connectivity index is 1.74. The second-order valence-electron chi connectivity index (χ2n) is 5.05. The summed E-state index contributed by atoms with van der Waals surface area (Å²) in [6.07, 6.45) is -0.288. The molecule has 1 unspecified atom stereocenters. The number of hydrogen-bond donors (Lipinski definition) is 2. The molecule has 0 amide bonds. The summed E-state index contributed by atoms with van der Waals surface area (Å²) in [6, 6.07) is 12.3. The number of nitrogens with zero attached hydrogens (tertiary/aromatic N) is 2. The maximum atomic E-state index is 7.48. The lowest BCUT2D eigenvalue weighted by Crippen LogP contribution is -2.47. The summed E-state index contributed by atoms with van der Waals surface area (Å²) in [6.45, 7) is 2.87. The third-order valence-electron chi connectivity index (χ3n) is 3.54. The standard InChI is InChI=1S/C15H18N4O/c16-15(17)14-10-19(7-8-20-14)9-12-6-5-11-3-1-2-4-13(11)18-12/h1-6,14H,7-10H2,(H3,16,17). The fourth-order valence-electron chi connectivity index (χ4n) is 2.46. The highest BCUT2D eigenvalue weighted by atomic mass is 16.5.